The molecule has 144 valence electrons. The summed E-state index contributed by atoms with van der Waals surface area (Å²) in [6, 6.07) is 8.31. The first-order valence-corrected chi connectivity index (χ1v) is 10.3. The molecular weight excluding hydrogens is 404 g/mol. The number of likely N-dealkylation sites (tertiary alicyclic amines) is 1. The molecule has 27 heavy (non-hydrogen) atoms. The lowest BCUT2D eigenvalue weighted by Crippen LogP contribution is -2.46. The molecule has 0 radical (unpaired) electrons. The monoisotopic (exact) mass is 430 g/mol. The minimum atomic E-state index is -0.112. The lowest BCUT2D eigenvalue weighted by Gasteiger charge is -2.32. The van der Waals surface area contributed by atoms with Crippen molar-refractivity contribution < 1.29 is 4.79 Å². The van der Waals surface area contributed by atoms with Crippen molar-refractivity contribution in [3.8, 4) is 0 Å². The van der Waals surface area contributed by atoms with Gasteiger partial charge in [0.1, 0.15) is 0 Å². The largest absolute Gasteiger partial charge is 0.335 e. The van der Waals surface area contributed by atoms with Crippen LogP contribution in [0.3, 0.4) is 0 Å². The molecule has 6 heteroatoms. The maximum Gasteiger partial charge on any atom is 0.319 e. The third-order valence-corrected chi connectivity index (χ3v) is 5.58. The molecular formula is C21H27BrN4O. The van der Waals surface area contributed by atoms with Crippen LogP contribution in [0.2, 0.25) is 0 Å². The summed E-state index contributed by atoms with van der Waals surface area (Å²) in [6.45, 7) is 7.11. The molecule has 0 aliphatic carbocycles. The van der Waals surface area contributed by atoms with Crippen molar-refractivity contribution in [1.82, 2.24) is 15.2 Å². The summed E-state index contributed by atoms with van der Waals surface area (Å²) in [7, 11) is 0. The molecule has 0 saturated carbocycles. The fraction of sp³-hybridized carbons (Fsp3) is 0.429. The second-order valence-electron chi connectivity index (χ2n) is 7.23. The zero-order valence-corrected chi connectivity index (χ0v) is 17.6. The van der Waals surface area contributed by atoms with E-state index in [1.165, 1.54) is 5.56 Å². The summed E-state index contributed by atoms with van der Waals surface area (Å²) >= 11 is 3.49. The molecule has 1 aliphatic rings. The van der Waals surface area contributed by atoms with Gasteiger partial charge in [0.2, 0.25) is 0 Å². The van der Waals surface area contributed by atoms with Gasteiger partial charge in [-0.2, -0.15) is 0 Å². The summed E-state index contributed by atoms with van der Waals surface area (Å²) in [6.07, 6.45) is 6.71. The third-order valence-electron chi connectivity index (χ3n) is 5.12. The highest BCUT2D eigenvalue weighted by molar-refractivity contribution is 9.10. The van der Waals surface area contributed by atoms with Gasteiger partial charge in [-0.15, -0.1) is 0 Å². The molecule has 0 unspecified atom stereocenters. The van der Waals surface area contributed by atoms with Crippen LogP contribution in [0.5, 0.6) is 0 Å². The number of anilines is 1. The number of hydrogen-bond donors (Lipinski definition) is 2. The fourth-order valence-corrected chi connectivity index (χ4v) is 4.27. The minimum absolute atomic E-state index is 0.112. The number of rotatable bonds is 5. The summed E-state index contributed by atoms with van der Waals surface area (Å²) in [5.74, 6) is 0. The van der Waals surface area contributed by atoms with Gasteiger partial charge in [0.25, 0.3) is 0 Å². The molecule has 1 aromatic carbocycles. The van der Waals surface area contributed by atoms with E-state index in [0.29, 0.717) is 0 Å². The van der Waals surface area contributed by atoms with Crippen LogP contribution in [-0.4, -0.2) is 41.6 Å². The number of halogens is 1. The number of aryl methyl sites for hydroxylation is 2. The van der Waals surface area contributed by atoms with E-state index in [1.807, 2.05) is 38.4 Å². The molecule has 2 N–H and O–H groups in total. The van der Waals surface area contributed by atoms with Gasteiger partial charge in [-0.3, -0.25) is 4.98 Å². The van der Waals surface area contributed by atoms with Gasteiger partial charge in [0, 0.05) is 48.2 Å². The van der Waals surface area contributed by atoms with Crippen molar-refractivity contribution in [2.75, 3.05) is 25.0 Å². The van der Waals surface area contributed by atoms with Crippen LogP contribution >= 0.6 is 15.9 Å². The molecule has 0 atom stereocenters. The number of carbonyl (C=O) groups is 1. The zero-order chi connectivity index (χ0) is 19.2. The Morgan fingerprint density at radius 1 is 1.19 bits per heavy atom. The summed E-state index contributed by atoms with van der Waals surface area (Å²) in [4.78, 5) is 18.9. The fourth-order valence-electron chi connectivity index (χ4n) is 3.58. The predicted octanol–water partition coefficient (Wildman–Crippen LogP) is 4.29. The van der Waals surface area contributed by atoms with Gasteiger partial charge in [-0.1, -0.05) is 15.9 Å². The standard InChI is InChI=1S/C21H27BrN4O/c1-15-13-18(22)14-16(2)20(15)25-21(27)24-19-6-11-26(12-7-19)10-5-17-3-8-23-9-4-17/h3-4,8-9,13-14,19H,5-7,10-12H2,1-2H3,(H2,24,25,27). The molecule has 3 rings (SSSR count). The van der Waals surface area contributed by atoms with Gasteiger partial charge >= 0.3 is 6.03 Å². The van der Waals surface area contributed by atoms with E-state index in [1.54, 1.807) is 0 Å². The molecule has 1 saturated heterocycles. The SMILES string of the molecule is Cc1cc(Br)cc(C)c1NC(=O)NC1CCN(CCc2ccncc2)CC1. The van der Waals surface area contributed by atoms with E-state index in [0.717, 1.165) is 60.2 Å². The number of urea groups is 1. The van der Waals surface area contributed by atoms with Gasteiger partial charge in [-0.05, 0) is 74.1 Å². The Bertz CT molecular complexity index is 750. The van der Waals surface area contributed by atoms with Crippen LogP contribution < -0.4 is 10.6 Å². The van der Waals surface area contributed by atoms with Crippen LogP contribution in [0.25, 0.3) is 0 Å². The highest BCUT2D eigenvalue weighted by atomic mass is 79.9. The lowest BCUT2D eigenvalue weighted by atomic mass is 10.0. The number of carbonyl (C=O) groups excluding carboxylic acids is 1. The highest BCUT2D eigenvalue weighted by Crippen LogP contribution is 2.25. The topological polar surface area (TPSA) is 57.3 Å². The minimum Gasteiger partial charge on any atom is -0.335 e. The van der Waals surface area contributed by atoms with Crippen molar-refractivity contribution in [3.05, 3.63) is 57.8 Å². The quantitative estimate of drug-likeness (QED) is 0.743. The zero-order valence-electron chi connectivity index (χ0n) is 16.0. The van der Waals surface area contributed by atoms with E-state index < -0.39 is 0 Å². The second kappa shape index (κ2) is 9.33. The molecule has 1 aromatic heterocycles. The first-order chi connectivity index (χ1) is 13.0. The van der Waals surface area contributed by atoms with Crippen LogP contribution in [0.4, 0.5) is 10.5 Å². The Balaban J connectivity index is 1.43. The van der Waals surface area contributed by atoms with Crippen molar-refractivity contribution in [3.63, 3.8) is 0 Å². The normalized spacial score (nSPS) is 15.5. The maximum atomic E-state index is 12.4. The number of hydrogen-bond acceptors (Lipinski definition) is 3. The Morgan fingerprint density at radius 2 is 1.81 bits per heavy atom. The number of benzene rings is 1. The van der Waals surface area contributed by atoms with E-state index in [-0.39, 0.29) is 12.1 Å². The Kier molecular flexibility index (Phi) is 6.85. The van der Waals surface area contributed by atoms with Crippen molar-refractivity contribution in [1.29, 1.82) is 0 Å². The molecule has 2 amide bonds. The molecule has 0 spiro atoms. The molecule has 1 fully saturated rings. The molecule has 2 aromatic rings. The van der Waals surface area contributed by atoms with E-state index >= 15 is 0 Å². The van der Waals surface area contributed by atoms with Crippen LogP contribution in [-0.2, 0) is 6.42 Å². The van der Waals surface area contributed by atoms with Gasteiger partial charge in [0.15, 0.2) is 0 Å². The smallest absolute Gasteiger partial charge is 0.319 e. The van der Waals surface area contributed by atoms with Crippen LogP contribution in [0.15, 0.2) is 41.1 Å². The van der Waals surface area contributed by atoms with Crippen molar-refractivity contribution in [2.24, 2.45) is 0 Å². The molecule has 0 bridgehead atoms. The second-order valence-corrected chi connectivity index (χ2v) is 8.15. The van der Waals surface area contributed by atoms with Crippen LogP contribution in [0.1, 0.15) is 29.5 Å². The molecule has 2 heterocycles. The summed E-state index contributed by atoms with van der Waals surface area (Å²) < 4.78 is 1.03. The van der Waals surface area contributed by atoms with E-state index in [4.69, 9.17) is 0 Å². The first-order valence-electron chi connectivity index (χ1n) is 9.47. The number of piperidine rings is 1. The first kappa shape index (κ1) is 19.8. The van der Waals surface area contributed by atoms with E-state index in [2.05, 4.69) is 48.6 Å². The number of amides is 2. The van der Waals surface area contributed by atoms with Gasteiger partial charge in [-0.25, -0.2) is 4.79 Å². The van der Waals surface area contributed by atoms with Crippen molar-refractivity contribution >= 4 is 27.6 Å². The van der Waals surface area contributed by atoms with Gasteiger partial charge in [0.05, 0.1) is 0 Å². The third kappa shape index (κ3) is 5.78. The number of aromatic nitrogens is 1. The predicted molar refractivity (Wildman–Crippen MR) is 113 cm³/mol. The Morgan fingerprint density at radius 3 is 2.44 bits per heavy atom. The average Bonchev–Trinajstić information content (AvgIpc) is 2.65. The van der Waals surface area contributed by atoms with Crippen molar-refractivity contribution in [2.45, 2.75) is 39.2 Å². The number of nitrogens with zero attached hydrogens (tertiary/aromatic N) is 2. The number of pyridine rings is 1. The summed E-state index contributed by atoms with van der Waals surface area (Å²) in [5, 5.41) is 6.15. The lowest BCUT2D eigenvalue weighted by molar-refractivity contribution is 0.197. The number of nitrogens with one attached hydrogen (secondary N) is 2. The molecule has 1 aliphatic heterocycles. The Hall–Kier alpha value is -1.92. The van der Waals surface area contributed by atoms with E-state index in [9.17, 15) is 4.79 Å². The van der Waals surface area contributed by atoms with Gasteiger partial charge < -0.3 is 15.5 Å². The average molecular weight is 431 g/mol. The highest BCUT2D eigenvalue weighted by Gasteiger charge is 2.21. The maximum absolute atomic E-state index is 12.4. The Labute approximate surface area is 169 Å². The molecule has 5 nitrogen and oxygen atoms in total. The summed E-state index contributed by atoms with van der Waals surface area (Å²) in [5.41, 5.74) is 4.33. The van der Waals surface area contributed by atoms with Crippen LogP contribution in [0, 0.1) is 13.8 Å².